The quantitative estimate of drug-likeness (QED) is 0.380. The van der Waals surface area contributed by atoms with Crippen LogP contribution >= 0.6 is 43.5 Å². The summed E-state index contributed by atoms with van der Waals surface area (Å²) in [4.78, 5) is 29.7. The molecule has 0 saturated heterocycles. The van der Waals surface area contributed by atoms with Crippen LogP contribution in [0.1, 0.15) is 40.4 Å². The van der Waals surface area contributed by atoms with Crippen LogP contribution in [-0.4, -0.2) is 32.6 Å². The fourth-order valence-corrected chi connectivity index (χ4v) is 4.30. The van der Waals surface area contributed by atoms with E-state index in [1.807, 2.05) is 0 Å². The van der Waals surface area contributed by atoms with Gasteiger partial charge in [-0.1, -0.05) is 27.5 Å². The number of pyridine rings is 1. The summed E-state index contributed by atoms with van der Waals surface area (Å²) >= 11 is 12.6. The van der Waals surface area contributed by atoms with Crippen molar-refractivity contribution >= 4 is 61.0 Å². The molecule has 1 aromatic carbocycles. The molecule has 33 heavy (non-hydrogen) atoms. The Morgan fingerprint density at radius 3 is 2.45 bits per heavy atom. The van der Waals surface area contributed by atoms with Crippen LogP contribution in [-0.2, 0) is 6.18 Å². The highest BCUT2D eigenvalue weighted by Gasteiger charge is 2.37. The van der Waals surface area contributed by atoms with Crippen molar-refractivity contribution in [3.8, 4) is 5.82 Å². The van der Waals surface area contributed by atoms with Crippen LogP contribution < -0.4 is 10.6 Å². The summed E-state index contributed by atoms with van der Waals surface area (Å²) in [7, 11) is 0. The number of rotatable bonds is 5. The van der Waals surface area contributed by atoms with Gasteiger partial charge in [0.15, 0.2) is 11.5 Å². The number of aromatic nitrogens is 3. The molecular formula is C20H15Br2ClF3N5O2. The fourth-order valence-electron chi connectivity index (χ4n) is 2.77. The molecule has 0 unspecified atom stereocenters. The minimum absolute atomic E-state index is 0.00908. The molecule has 0 saturated carbocycles. The minimum atomic E-state index is -4.82. The number of carbonyl (C=O) groups excluding carboxylic acids is 2. The fraction of sp³-hybridized carbons (Fsp3) is 0.200. The SMILES string of the molecule is CC(C)NC(=O)c1cc(Br)cc(Br)c1NC(=O)c1cc(C(F)(F)F)nn1-c1ncccc1Cl. The number of benzene rings is 1. The van der Waals surface area contributed by atoms with Crippen LogP contribution in [0.15, 0.2) is 45.5 Å². The number of nitrogens with one attached hydrogen (secondary N) is 2. The first-order chi connectivity index (χ1) is 15.4. The predicted molar refractivity (Wildman–Crippen MR) is 124 cm³/mol. The van der Waals surface area contributed by atoms with E-state index in [0.717, 1.165) is 0 Å². The lowest BCUT2D eigenvalue weighted by atomic mass is 10.1. The highest BCUT2D eigenvalue weighted by Crippen LogP contribution is 2.33. The summed E-state index contributed by atoms with van der Waals surface area (Å²) in [6, 6.07) is 6.34. The van der Waals surface area contributed by atoms with E-state index in [1.54, 1.807) is 19.9 Å². The molecule has 174 valence electrons. The summed E-state index contributed by atoms with van der Waals surface area (Å²) in [5, 5.41) is 8.70. The van der Waals surface area contributed by atoms with Crippen LogP contribution in [0.2, 0.25) is 5.02 Å². The lowest BCUT2D eigenvalue weighted by molar-refractivity contribution is -0.141. The second kappa shape index (κ2) is 9.82. The lowest BCUT2D eigenvalue weighted by Crippen LogP contribution is -2.31. The van der Waals surface area contributed by atoms with Gasteiger partial charge in [-0.25, -0.2) is 9.67 Å². The normalized spacial score (nSPS) is 11.5. The Hall–Kier alpha value is -2.44. The number of alkyl halides is 3. The summed E-state index contributed by atoms with van der Waals surface area (Å²) in [6.07, 6.45) is -3.51. The average Bonchev–Trinajstić information content (AvgIpc) is 3.15. The van der Waals surface area contributed by atoms with Crippen molar-refractivity contribution in [1.29, 1.82) is 0 Å². The Labute approximate surface area is 208 Å². The predicted octanol–water partition coefficient (Wildman–Crippen LogP) is 5.86. The van der Waals surface area contributed by atoms with Crippen LogP contribution in [0.25, 0.3) is 5.82 Å². The van der Waals surface area contributed by atoms with Gasteiger partial charge in [-0.2, -0.15) is 18.3 Å². The van der Waals surface area contributed by atoms with E-state index in [2.05, 4.69) is 52.6 Å². The van der Waals surface area contributed by atoms with Gasteiger partial charge >= 0.3 is 6.18 Å². The third kappa shape index (κ3) is 5.74. The van der Waals surface area contributed by atoms with Gasteiger partial charge < -0.3 is 10.6 Å². The zero-order valence-electron chi connectivity index (χ0n) is 17.0. The van der Waals surface area contributed by atoms with E-state index in [4.69, 9.17) is 11.6 Å². The van der Waals surface area contributed by atoms with Gasteiger partial charge in [0.1, 0.15) is 5.69 Å². The molecule has 7 nitrogen and oxygen atoms in total. The summed E-state index contributed by atoms with van der Waals surface area (Å²) in [5.41, 5.74) is -1.62. The average molecular weight is 610 g/mol. The number of anilines is 1. The number of hydrogen-bond acceptors (Lipinski definition) is 4. The van der Waals surface area contributed by atoms with E-state index >= 15 is 0 Å². The van der Waals surface area contributed by atoms with Crippen molar-refractivity contribution in [2.24, 2.45) is 0 Å². The number of carbonyl (C=O) groups is 2. The molecule has 2 N–H and O–H groups in total. The van der Waals surface area contributed by atoms with E-state index < -0.39 is 29.4 Å². The molecule has 0 radical (unpaired) electrons. The molecule has 2 aromatic heterocycles. The Morgan fingerprint density at radius 1 is 1.15 bits per heavy atom. The zero-order chi connectivity index (χ0) is 24.5. The second-order valence-corrected chi connectivity index (χ2v) is 9.20. The van der Waals surface area contributed by atoms with Gasteiger partial charge in [0.2, 0.25) is 0 Å². The molecule has 0 spiro atoms. The number of halogens is 6. The lowest BCUT2D eigenvalue weighted by Gasteiger charge is -2.16. The first kappa shape index (κ1) is 25.2. The molecular weight excluding hydrogens is 595 g/mol. The van der Waals surface area contributed by atoms with Crippen LogP contribution in [0.5, 0.6) is 0 Å². The monoisotopic (exact) mass is 607 g/mol. The first-order valence-electron chi connectivity index (χ1n) is 9.28. The third-order valence-corrected chi connectivity index (χ3v) is 5.51. The van der Waals surface area contributed by atoms with Crippen molar-refractivity contribution in [3.63, 3.8) is 0 Å². The topological polar surface area (TPSA) is 88.9 Å². The van der Waals surface area contributed by atoms with E-state index in [-0.39, 0.29) is 28.1 Å². The Balaban J connectivity index is 2.10. The first-order valence-corrected chi connectivity index (χ1v) is 11.2. The number of amides is 2. The van der Waals surface area contributed by atoms with Crippen molar-refractivity contribution < 1.29 is 22.8 Å². The molecule has 0 aliphatic rings. The Kier molecular flexibility index (Phi) is 7.49. The van der Waals surface area contributed by atoms with Gasteiger partial charge in [-0.3, -0.25) is 9.59 Å². The number of hydrogen-bond donors (Lipinski definition) is 2. The van der Waals surface area contributed by atoms with Crippen LogP contribution in [0, 0.1) is 0 Å². The molecule has 13 heteroatoms. The summed E-state index contributed by atoms with van der Waals surface area (Å²) < 4.78 is 41.7. The van der Waals surface area contributed by atoms with Crippen LogP contribution in [0.3, 0.4) is 0 Å². The molecule has 3 aromatic rings. The van der Waals surface area contributed by atoms with Crippen molar-refractivity contribution in [2.45, 2.75) is 26.1 Å². The van der Waals surface area contributed by atoms with Gasteiger partial charge in [0, 0.05) is 27.3 Å². The van der Waals surface area contributed by atoms with Crippen molar-refractivity contribution in [2.75, 3.05) is 5.32 Å². The maximum absolute atomic E-state index is 13.4. The molecule has 0 bridgehead atoms. The molecule has 2 heterocycles. The second-order valence-electron chi connectivity index (χ2n) is 7.03. The van der Waals surface area contributed by atoms with Crippen LogP contribution in [0.4, 0.5) is 18.9 Å². The molecule has 0 aliphatic heterocycles. The van der Waals surface area contributed by atoms with Gasteiger partial charge in [-0.15, -0.1) is 0 Å². The van der Waals surface area contributed by atoms with E-state index in [1.165, 1.54) is 24.4 Å². The Morgan fingerprint density at radius 2 is 1.85 bits per heavy atom. The van der Waals surface area contributed by atoms with Gasteiger partial charge in [0.05, 0.1) is 16.3 Å². The molecule has 0 aliphatic carbocycles. The minimum Gasteiger partial charge on any atom is -0.350 e. The smallest absolute Gasteiger partial charge is 0.350 e. The molecule has 2 amide bonds. The van der Waals surface area contributed by atoms with Gasteiger partial charge in [0.25, 0.3) is 11.8 Å². The maximum atomic E-state index is 13.4. The molecule has 0 atom stereocenters. The molecule has 0 fully saturated rings. The number of nitrogens with zero attached hydrogens (tertiary/aromatic N) is 3. The van der Waals surface area contributed by atoms with E-state index in [0.29, 0.717) is 19.7 Å². The summed E-state index contributed by atoms with van der Waals surface area (Å²) in [5.74, 6) is -1.60. The standard InChI is InChI=1S/C20H15Br2ClF3N5O2/c1-9(2)28-18(32)11-6-10(21)7-12(22)16(11)29-19(33)14-8-15(20(24,25)26)30-31(14)17-13(23)4-3-5-27-17/h3-9H,1-2H3,(H,28,32)(H,29,33). The van der Waals surface area contributed by atoms with Crippen molar-refractivity contribution in [3.05, 3.63) is 67.4 Å². The van der Waals surface area contributed by atoms with Crippen molar-refractivity contribution in [1.82, 2.24) is 20.1 Å². The van der Waals surface area contributed by atoms with Gasteiger partial charge in [-0.05, 0) is 54.0 Å². The highest BCUT2D eigenvalue weighted by atomic mass is 79.9. The molecule has 3 rings (SSSR count). The largest absolute Gasteiger partial charge is 0.435 e. The maximum Gasteiger partial charge on any atom is 0.435 e. The Bertz CT molecular complexity index is 1230. The summed E-state index contributed by atoms with van der Waals surface area (Å²) in [6.45, 7) is 3.52. The zero-order valence-corrected chi connectivity index (χ0v) is 20.9. The van der Waals surface area contributed by atoms with E-state index in [9.17, 15) is 22.8 Å². The highest BCUT2D eigenvalue weighted by molar-refractivity contribution is 9.11. The third-order valence-electron chi connectivity index (χ3n) is 4.13.